The molecule has 40 heavy (non-hydrogen) atoms. The third kappa shape index (κ3) is 8.92. The van der Waals surface area contributed by atoms with Crippen LogP contribution >= 0.6 is 15.2 Å². The molecule has 2 aromatic carbocycles. The van der Waals surface area contributed by atoms with Gasteiger partial charge in [0.1, 0.15) is 11.5 Å². The lowest BCUT2D eigenvalue weighted by Gasteiger charge is -2.36. The second kappa shape index (κ2) is 13.5. The average molecular weight is 601 g/mol. The number of hydrogen-bond acceptors (Lipinski definition) is 4. The van der Waals surface area contributed by atoms with Crippen LogP contribution in [0.2, 0.25) is 0 Å². The molecule has 0 fully saturated rings. The second-order valence-corrected chi connectivity index (χ2v) is 16.3. The van der Waals surface area contributed by atoms with Crippen LogP contribution in [0.5, 0.6) is 11.5 Å². The molecule has 0 saturated heterocycles. The van der Waals surface area contributed by atoms with E-state index in [0.717, 1.165) is 24.0 Å². The molecule has 10 heteroatoms. The van der Waals surface area contributed by atoms with Crippen molar-refractivity contribution in [3.8, 4) is 11.5 Å². The predicted octanol–water partition coefficient (Wildman–Crippen LogP) is 7.98. The Hall–Kier alpha value is -1.66. The van der Waals surface area contributed by atoms with E-state index >= 15 is 0 Å². The lowest BCUT2D eigenvalue weighted by molar-refractivity contribution is 0.314. The van der Waals surface area contributed by atoms with Gasteiger partial charge in [-0.1, -0.05) is 99.4 Å². The van der Waals surface area contributed by atoms with Gasteiger partial charge in [-0.25, -0.2) is 0 Å². The summed E-state index contributed by atoms with van der Waals surface area (Å²) in [5.74, 6) is 0.328. The van der Waals surface area contributed by atoms with Crippen molar-refractivity contribution in [2.75, 3.05) is 0 Å². The van der Waals surface area contributed by atoms with E-state index in [1.165, 1.54) is 12.1 Å². The van der Waals surface area contributed by atoms with Crippen LogP contribution in [0.1, 0.15) is 122 Å². The summed E-state index contributed by atoms with van der Waals surface area (Å²) >= 11 is 0. The van der Waals surface area contributed by atoms with Crippen molar-refractivity contribution in [2.24, 2.45) is 0 Å². The molecular weight excluding hydrogens is 550 g/mol. The van der Waals surface area contributed by atoms with Crippen LogP contribution in [0.4, 0.5) is 0 Å². The van der Waals surface area contributed by atoms with Gasteiger partial charge in [-0.15, -0.1) is 0 Å². The van der Waals surface area contributed by atoms with Crippen molar-refractivity contribution < 1.29 is 38.9 Å². The summed E-state index contributed by atoms with van der Waals surface area (Å²) in [5.41, 5.74) is 1.24. The number of hydrogen-bond donors (Lipinski definition) is 6. The van der Waals surface area contributed by atoms with Gasteiger partial charge in [0.2, 0.25) is 0 Å². The molecule has 1 unspecified atom stereocenters. The van der Waals surface area contributed by atoms with E-state index < -0.39 is 26.0 Å². The smallest absolute Gasteiger partial charge is 0.335 e. The fourth-order valence-electron chi connectivity index (χ4n) is 4.91. The van der Waals surface area contributed by atoms with Crippen LogP contribution in [0.25, 0.3) is 0 Å². The van der Waals surface area contributed by atoms with Crippen molar-refractivity contribution >= 4 is 15.2 Å². The second-order valence-electron chi connectivity index (χ2n) is 12.5. The van der Waals surface area contributed by atoms with Crippen LogP contribution in [0, 0.1) is 0 Å². The summed E-state index contributed by atoms with van der Waals surface area (Å²) < 4.78 is 23.7. The molecule has 0 heterocycles. The van der Waals surface area contributed by atoms with E-state index in [-0.39, 0.29) is 22.3 Å². The summed E-state index contributed by atoms with van der Waals surface area (Å²) in [5, 5.41) is 18.7. The molecule has 0 aliphatic rings. The molecule has 2 aromatic rings. The van der Waals surface area contributed by atoms with Crippen LogP contribution in [0.3, 0.4) is 0 Å². The maximum atomic E-state index is 12.4. The maximum Gasteiger partial charge on any atom is 0.335 e. The fraction of sp³-hybridized carbons (Fsp3) is 0.600. The molecule has 0 amide bonds. The van der Waals surface area contributed by atoms with Gasteiger partial charge in [0.25, 0.3) is 0 Å². The number of benzene rings is 2. The SMILES string of the molecule is CCC(CC)(c1cc(C(C)(C)C)c(O)c(C(C)(C)C)c1)P(=O)(O)O.CCCCC(c1ccc(O)cc1)P(=O)(O)O. The van der Waals surface area contributed by atoms with E-state index in [1.807, 2.05) is 62.3 Å². The predicted molar refractivity (Wildman–Crippen MR) is 162 cm³/mol. The molecule has 6 N–H and O–H groups in total. The van der Waals surface area contributed by atoms with Crippen molar-refractivity contribution in [3.63, 3.8) is 0 Å². The Morgan fingerprint density at radius 1 is 0.750 bits per heavy atom. The normalized spacial score (nSPS) is 13.9. The highest BCUT2D eigenvalue weighted by Crippen LogP contribution is 2.62. The van der Waals surface area contributed by atoms with Gasteiger partial charge in [-0.3, -0.25) is 9.13 Å². The number of aromatic hydroxyl groups is 2. The van der Waals surface area contributed by atoms with E-state index in [4.69, 9.17) is 5.11 Å². The zero-order valence-corrected chi connectivity index (χ0v) is 27.3. The molecule has 8 nitrogen and oxygen atoms in total. The van der Waals surface area contributed by atoms with Crippen LogP contribution in [-0.2, 0) is 25.1 Å². The highest BCUT2D eigenvalue weighted by molar-refractivity contribution is 7.53. The minimum Gasteiger partial charge on any atom is -0.508 e. The third-order valence-electron chi connectivity index (χ3n) is 7.51. The zero-order chi connectivity index (χ0) is 31.3. The van der Waals surface area contributed by atoms with Crippen molar-refractivity contribution in [2.45, 2.75) is 116 Å². The minimum absolute atomic E-state index is 0.101. The summed E-state index contributed by atoms with van der Waals surface area (Å²) in [7, 11) is -8.49. The largest absolute Gasteiger partial charge is 0.508 e. The topological polar surface area (TPSA) is 156 Å². The van der Waals surface area contributed by atoms with Gasteiger partial charge in [-0.05, 0) is 64.5 Å². The Morgan fingerprint density at radius 3 is 1.48 bits per heavy atom. The van der Waals surface area contributed by atoms with Gasteiger partial charge in [-0.2, -0.15) is 0 Å². The molecule has 2 rings (SSSR count). The number of phenols is 2. The third-order valence-corrected chi connectivity index (χ3v) is 10.9. The Morgan fingerprint density at radius 2 is 1.18 bits per heavy atom. The molecule has 0 saturated carbocycles. The molecule has 0 aliphatic carbocycles. The monoisotopic (exact) mass is 600 g/mol. The number of rotatable bonds is 9. The molecule has 228 valence electrons. The summed E-state index contributed by atoms with van der Waals surface area (Å²) in [6.45, 7) is 17.6. The first-order valence-electron chi connectivity index (χ1n) is 13.8. The minimum atomic E-state index is -4.37. The lowest BCUT2D eigenvalue weighted by atomic mass is 9.76. The van der Waals surface area contributed by atoms with Gasteiger partial charge >= 0.3 is 15.2 Å². The van der Waals surface area contributed by atoms with Gasteiger partial charge < -0.3 is 29.8 Å². The summed E-state index contributed by atoms with van der Waals surface area (Å²) in [6, 6.07) is 9.60. The first kappa shape index (κ1) is 36.4. The van der Waals surface area contributed by atoms with Crippen molar-refractivity contribution in [1.82, 2.24) is 0 Å². The van der Waals surface area contributed by atoms with Crippen LogP contribution in [-0.4, -0.2) is 29.8 Å². The molecule has 1 atom stereocenters. The highest BCUT2D eigenvalue weighted by atomic mass is 31.2. The van der Waals surface area contributed by atoms with Gasteiger partial charge in [0.15, 0.2) is 0 Å². The van der Waals surface area contributed by atoms with Gasteiger partial charge in [0, 0.05) is 0 Å². The zero-order valence-electron chi connectivity index (χ0n) is 25.5. The maximum absolute atomic E-state index is 12.4. The first-order valence-corrected chi connectivity index (χ1v) is 17.1. The molecule has 0 aliphatic heterocycles. The van der Waals surface area contributed by atoms with Gasteiger partial charge in [0.05, 0.1) is 10.8 Å². The van der Waals surface area contributed by atoms with E-state index in [1.54, 1.807) is 24.3 Å². The van der Waals surface area contributed by atoms with Crippen LogP contribution in [0.15, 0.2) is 36.4 Å². The highest BCUT2D eigenvalue weighted by Gasteiger charge is 2.46. The molecule has 0 radical (unpaired) electrons. The molecular formula is C30H50O8P2. The van der Waals surface area contributed by atoms with E-state index in [9.17, 15) is 33.8 Å². The first-order chi connectivity index (χ1) is 18.1. The Bertz CT molecular complexity index is 1160. The molecule has 0 aromatic heterocycles. The Kier molecular flexibility index (Phi) is 12.3. The molecule has 0 spiro atoms. The van der Waals surface area contributed by atoms with Crippen LogP contribution < -0.4 is 0 Å². The Labute approximate surface area is 240 Å². The van der Waals surface area contributed by atoms with Crippen molar-refractivity contribution in [1.29, 1.82) is 0 Å². The standard InChI is InChI=1S/C19H33O4P.C11H17O4P/c1-9-19(10-2,24(21,22)23)13-11-14(17(3,4)5)16(20)15(12-13)18(6,7)8;1-2-3-4-11(16(13,14)15)9-5-7-10(12)8-6-9/h11-12,20H,9-10H2,1-8H3,(H2,21,22,23);5-8,11-12H,2-4H2,1H3,(H2,13,14,15). The van der Waals surface area contributed by atoms with E-state index in [2.05, 4.69) is 0 Å². The summed E-state index contributed by atoms with van der Waals surface area (Å²) in [4.78, 5) is 38.7. The van der Waals surface area contributed by atoms with E-state index in [0.29, 0.717) is 30.4 Å². The quantitative estimate of drug-likeness (QED) is 0.158. The average Bonchev–Trinajstić information content (AvgIpc) is 2.79. The Balaban J connectivity index is 0.000000433. The summed E-state index contributed by atoms with van der Waals surface area (Å²) in [6.07, 6.45) is 2.81. The number of phenolic OH excluding ortho intramolecular Hbond substituents is 2. The lowest BCUT2D eigenvalue weighted by Crippen LogP contribution is -2.27. The number of unbranched alkanes of at least 4 members (excludes halogenated alkanes) is 1. The molecule has 0 bridgehead atoms. The van der Waals surface area contributed by atoms with Crippen molar-refractivity contribution in [3.05, 3.63) is 58.7 Å². The fourth-order valence-corrected chi connectivity index (χ4v) is 7.28.